The van der Waals surface area contributed by atoms with Crippen LogP contribution in [0.2, 0.25) is 0 Å². The van der Waals surface area contributed by atoms with Crippen molar-refractivity contribution in [2.45, 2.75) is 51.4 Å². The van der Waals surface area contributed by atoms with E-state index in [2.05, 4.69) is 10.6 Å². The number of benzene rings is 1. The van der Waals surface area contributed by atoms with Gasteiger partial charge in [-0.15, -0.1) is 0 Å². The summed E-state index contributed by atoms with van der Waals surface area (Å²) in [5, 5.41) is 26.3. The first-order chi connectivity index (χ1) is 9.90. The molecule has 0 bridgehead atoms. The molecule has 0 saturated carbocycles. The maximum Gasteiger partial charge on any atom is 0.312 e. The molecule has 1 aliphatic rings. The van der Waals surface area contributed by atoms with E-state index in [-0.39, 0.29) is 18.3 Å². The van der Waals surface area contributed by atoms with Crippen LogP contribution in [0.5, 0.6) is 5.75 Å². The van der Waals surface area contributed by atoms with Crippen LogP contribution in [0.15, 0.2) is 12.1 Å². The van der Waals surface area contributed by atoms with Gasteiger partial charge >= 0.3 is 6.03 Å². The number of nitrogens with one attached hydrogen (secondary N) is 2. The Morgan fingerprint density at radius 2 is 2.19 bits per heavy atom. The van der Waals surface area contributed by atoms with Crippen LogP contribution >= 0.6 is 0 Å². The smallest absolute Gasteiger partial charge is 0.312 e. The molecule has 0 aliphatic heterocycles. The molecule has 1 aromatic carbocycles. The second kappa shape index (κ2) is 6.32. The number of hydrogen-bond donors (Lipinski definition) is 5. The average Bonchev–Trinajstić information content (AvgIpc) is 2.40. The monoisotopic (exact) mass is 293 g/mol. The van der Waals surface area contributed by atoms with Crippen molar-refractivity contribution in [3.8, 4) is 5.75 Å². The van der Waals surface area contributed by atoms with Crippen molar-refractivity contribution >= 4 is 6.03 Å². The van der Waals surface area contributed by atoms with E-state index in [1.165, 1.54) is 0 Å². The van der Waals surface area contributed by atoms with E-state index in [4.69, 9.17) is 5.73 Å². The number of phenols is 1. The topological polar surface area (TPSA) is 108 Å². The molecule has 2 rings (SSSR count). The van der Waals surface area contributed by atoms with E-state index < -0.39 is 12.1 Å². The Bertz CT molecular complexity index is 531. The van der Waals surface area contributed by atoms with Crippen LogP contribution in [-0.2, 0) is 13.0 Å². The van der Waals surface area contributed by atoms with Crippen LogP contribution in [-0.4, -0.2) is 28.3 Å². The molecule has 116 valence electrons. The molecular formula is C15H23N3O3. The molecule has 6 N–H and O–H groups in total. The number of carbonyl (C=O) groups excluding carboxylic acids is 1. The molecule has 2 amide bonds. The van der Waals surface area contributed by atoms with Crippen LogP contribution < -0.4 is 16.4 Å². The van der Waals surface area contributed by atoms with Gasteiger partial charge in [0, 0.05) is 24.2 Å². The number of nitrogens with two attached hydrogens (primary N) is 1. The van der Waals surface area contributed by atoms with E-state index in [0.717, 1.165) is 24.0 Å². The minimum absolute atomic E-state index is 0.000933. The summed E-state index contributed by atoms with van der Waals surface area (Å²) in [5.74, 6) is 0.116. The van der Waals surface area contributed by atoms with Crippen molar-refractivity contribution in [3.63, 3.8) is 0 Å². The van der Waals surface area contributed by atoms with Gasteiger partial charge in [0.25, 0.3) is 0 Å². The number of carbonyl (C=O) groups is 1. The second-order valence-electron chi connectivity index (χ2n) is 5.76. The third-order valence-corrected chi connectivity index (χ3v) is 3.83. The standard InChI is InChI=1S/C15H23N3O3/c1-8(2)18-12-5-3-9-10(14(12)20)4-6-13(19)11(9)7-17-15(16)21/h4,6,8,12,14,18-20H,3,5,7H2,1-2H3,(H3,16,17,21)/t12-,14-/m0/s1. The summed E-state index contributed by atoms with van der Waals surface area (Å²) in [6.07, 6.45) is 0.893. The maximum absolute atomic E-state index is 10.9. The summed E-state index contributed by atoms with van der Waals surface area (Å²) < 4.78 is 0. The van der Waals surface area contributed by atoms with Gasteiger partial charge in [0.15, 0.2) is 0 Å². The zero-order valence-electron chi connectivity index (χ0n) is 12.4. The Hall–Kier alpha value is -1.79. The average molecular weight is 293 g/mol. The van der Waals surface area contributed by atoms with Crippen LogP contribution in [0, 0.1) is 0 Å². The molecule has 1 aromatic rings. The zero-order chi connectivity index (χ0) is 15.6. The lowest BCUT2D eigenvalue weighted by atomic mass is 9.82. The van der Waals surface area contributed by atoms with Crippen molar-refractivity contribution < 1.29 is 15.0 Å². The molecule has 6 heteroatoms. The molecule has 0 unspecified atom stereocenters. The molecule has 0 fully saturated rings. The van der Waals surface area contributed by atoms with Gasteiger partial charge in [-0.1, -0.05) is 19.9 Å². The molecule has 0 radical (unpaired) electrons. The predicted molar refractivity (Wildman–Crippen MR) is 79.9 cm³/mol. The molecule has 0 spiro atoms. The van der Waals surface area contributed by atoms with Gasteiger partial charge in [0.05, 0.1) is 6.10 Å². The van der Waals surface area contributed by atoms with Gasteiger partial charge in [-0.25, -0.2) is 4.79 Å². The summed E-state index contributed by atoms with van der Waals surface area (Å²) >= 11 is 0. The highest BCUT2D eigenvalue weighted by atomic mass is 16.3. The maximum atomic E-state index is 10.9. The number of amides is 2. The first-order valence-corrected chi connectivity index (χ1v) is 7.21. The Balaban J connectivity index is 2.28. The lowest BCUT2D eigenvalue weighted by Crippen LogP contribution is -2.42. The van der Waals surface area contributed by atoms with Gasteiger partial charge in [0.1, 0.15) is 5.75 Å². The fourth-order valence-electron chi connectivity index (χ4n) is 2.92. The largest absolute Gasteiger partial charge is 0.508 e. The highest BCUT2D eigenvalue weighted by molar-refractivity contribution is 5.71. The quantitative estimate of drug-likeness (QED) is 0.568. The normalized spacial score (nSPS) is 21.1. The number of fused-ring (bicyclic) bond motifs is 1. The second-order valence-corrected chi connectivity index (χ2v) is 5.76. The summed E-state index contributed by atoms with van der Waals surface area (Å²) in [5.41, 5.74) is 7.42. The molecule has 2 atom stereocenters. The minimum atomic E-state index is -0.636. The molecule has 1 aliphatic carbocycles. The third-order valence-electron chi connectivity index (χ3n) is 3.83. The summed E-state index contributed by atoms with van der Waals surface area (Å²) in [6, 6.07) is 2.95. The number of aliphatic hydroxyl groups is 1. The first-order valence-electron chi connectivity index (χ1n) is 7.21. The van der Waals surface area contributed by atoms with E-state index in [1.807, 2.05) is 13.8 Å². The van der Waals surface area contributed by atoms with Crippen molar-refractivity contribution in [1.82, 2.24) is 10.6 Å². The van der Waals surface area contributed by atoms with Crippen LogP contribution in [0.4, 0.5) is 4.79 Å². The molecular weight excluding hydrogens is 270 g/mol. The van der Waals surface area contributed by atoms with Crippen LogP contribution in [0.3, 0.4) is 0 Å². The number of aliphatic hydroxyl groups excluding tert-OH is 1. The SMILES string of the molecule is CC(C)N[C@H]1CCc2c(ccc(O)c2CNC(N)=O)[C@@H]1O. The fraction of sp³-hybridized carbons (Fsp3) is 0.533. The molecule has 0 heterocycles. The van der Waals surface area contributed by atoms with Crippen LogP contribution in [0.1, 0.15) is 43.1 Å². The number of aromatic hydroxyl groups is 1. The van der Waals surface area contributed by atoms with Gasteiger partial charge in [-0.05, 0) is 30.0 Å². The number of primary amides is 1. The zero-order valence-corrected chi connectivity index (χ0v) is 12.4. The lowest BCUT2D eigenvalue weighted by molar-refractivity contribution is 0.110. The Morgan fingerprint density at radius 3 is 2.81 bits per heavy atom. The van der Waals surface area contributed by atoms with E-state index in [1.54, 1.807) is 12.1 Å². The van der Waals surface area contributed by atoms with Crippen molar-refractivity contribution in [2.24, 2.45) is 5.73 Å². The van der Waals surface area contributed by atoms with Gasteiger partial charge in [-0.3, -0.25) is 0 Å². The summed E-state index contributed by atoms with van der Waals surface area (Å²) in [6.45, 7) is 4.25. The Labute approximate surface area is 124 Å². The number of phenolic OH excluding ortho intramolecular Hbond substituents is 1. The van der Waals surface area contributed by atoms with Crippen molar-refractivity contribution in [2.75, 3.05) is 0 Å². The summed E-state index contributed by atoms with van der Waals surface area (Å²) in [7, 11) is 0. The number of urea groups is 1. The molecule has 0 saturated heterocycles. The van der Waals surface area contributed by atoms with Crippen molar-refractivity contribution in [3.05, 3.63) is 28.8 Å². The lowest BCUT2D eigenvalue weighted by Gasteiger charge is -2.33. The fourth-order valence-corrected chi connectivity index (χ4v) is 2.92. The highest BCUT2D eigenvalue weighted by Crippen LogP contribution is 2.36. The van der Waals surface area contributed by atoms with E-state index in [9.17, 15) is 15.0 Å². The van der Waals surface area contributed by atoms with E-state index in [0.29, 0.717) is 11.6 Å². The summed E-state index contributed by atoms with van der Waals surface area (Å²) in [4.78, 5) is 10.9. The molecule has 21 heavy (non-hydrogen) atoms. The van der Waals surface area contributed by atoms with Gasteiger partial charge < -0.3 is 26.6 Å². The van der Waals surface area contributed by atoms with Gasteiger partial charge in [0.2, 0.25) is 0 Å². The van der Waals surface area contributed by atoms with Crippen molar-refractivity contribution in [1.29, 1.82) is 0 Å². The van der Waals surface area contributed by atoms with Gasteiger partial charge in [-0.2, -0.15) is 0 Å². The molecule has 0 aromatic heterocycles. The Kier molecular flexibility index (Phi) is 4.69. The minimum Gasteiger partial charge on any atom is -0.508 e. The molecule has 6 nitrogen and oxygen atoms in total. The number of hydrogen-bond acceptors (Lipinski definition) is 4. The third kappa shape index (κ3) is 3.46. The Morgan fingerprint density at radius 1 is 1.48 bits per heavy atom. The van der Waals surface area contributed by atoms with E-state index >= 15 is 0 Å². The number of rotatable bonds is 4. The first kappa shape index (κ1) is 15.6. The predicted octanol–water partition coefficient (Wildman–Crippen LogP) is 0.907. The highest BCUT2D eigenvalue weighted by Gasteiger charge is 2.30. The van der Waals surface area contributed by atoms with Crippen LogP contribution in [0.25, 0.3) is 0 Å².